The van der Waals surface area contributed by atoms with Crippen LogP contribution in [0.3, 0.4) is 0 Å². The Bertz CT molecular complexity index is 904. The maximum Gasteiger partial charge on any atom is 0.186 e. The highest BCUT2D eigenvalue weighted by Gasteiger charge is 2.32. The molecule has 1 fully saturated rings. The van der Waals surface area contributed by atoms with Gasteiger partial charge in [0.05, 0.1) is 15.9 Å². The monoisotopic (exact) mass is 409 g/mol. The summed E-state index contributed by atoms with van der Waals surface area (Å²) in [6, 6.07) is 13.1. The third-order valence-corrected chi connectivity index (χ3v) is 6.76. The Morgan fingerprint density at radius 1 is 1.07 bits per heavy atom. The highest BCUT2D eigenvalue weighted by atomic mass is 32.2. The number of aliphatic hydroxyl groups is 1. The van der Waals surface area contributed by atoms with Crippen LogP contribution in [0.1, 0.15) is 29.9 Å². The maximum absolute atomic E-state index is 11.7. The van der Waals surface area contributed by atoms with Crippen molar-refractivity contribution < 1.29 is 22.3 Å². The molecule has 4 atom stereocenters. The van der Waals surface area contributed by atoms with Crippen LogP contribution in [-0.4, -0.2) is 47.2 Å². The molecule has 146 valence electrons. The van der Waals surface area contributed by atoms with Gasteiger partial charge in [0.2, 0.25) is 0 Å². The number of sulfone groups is 1. The minimum Gasteiger partial charge on any atom is -0.391 e. The number of benzene rings is 2. The lowest BCUT2D eigenvalue weighted by Gasteiger charge is -2.29. The quantitative estimate of drug-likeness (QED) is 0.630. The van der Waals surface area contributed by atoms with E-state index in [-0.39, 0.29) is 16.9 Å². The predicted molar refractivity (Wildman–Crippen MR) is 104 cm³/mol. The SMILES string of the molecule is CS(=O)(=O)c1ccc(C(c2ccc(S(=O)O)cc2)[C@@H](O)[C@@H]2CCCN2)cc1. The standard InChI is InChI=1S/C19H23NO5S2/c1-27(24,25)16-10-6-14(7-11-16)18(19(21)17-3-2-12-20-17)13-4-8-15(9-5-13)26(22)23/h4-11,17-21H,2-3,12H2,1H3,(H,22,23)/t17-,18?,19-/m0/s1. The first-order valence-corrected chi connectivity index (χ1v) is 11.7. The topological polar surface area (TPSA) is 104 Å². The Morgan fingerprint density at radius 2 is 1.63 bits per heavy atom. The molecule has 3 N–H and O–H groups in total. The lowest BCUT2D eigenvalue weighted by molar-refractivity contribution is 0.119. The van der Waals surface area contributed by atoms with Gasteiger partial charge in [-0.3, -0.25) is 0 Å². The second-order valence-electron chi connectivity index (χ2n) is 6.83. The Balaban J connectivity index is 2.00. The van der Waals surface area contributed by atoms with Crippen molar-refractivity contribution in [2.45, 2.75) is 40.7 Å². The zero-order chi connectivity index (χ0) is 19.6. The Labute approximate surface area is 161 Å². The normalized spacial score (nSPS) is 20.9. The van der Waals surface area contributed by atoms with Crippen molar-refractivity contribution in [2.24, 2.45) is 0 Å². The first kappa shape index (κ1) is 20.2. The fourth-order valence-electron chi connectivity index (χ4n) is 3.54. The molecule has 3 rings (SSSR count). The molecule has 1 heterocycles. The molecule has 0 aliphatic carbocycles. The van der Waals surface area contributed by atoms with Crippen molar-refractivity contribution in [3.63, 3.8) is 0 Å². The van der Waals surface area contributed by atoms with E-state index in [2.05, 4.69) is 5.32 Å². The van der Waals surface area contributed by atoms with Gasteiger partial charge in [0.25, 0.3) is 0 Å². The molecule has 0 bridgehead atoms. The molecule has 0 aromatic heterocycles. The van der Waals surface area contributed by atoms with E-state index in [0.717, 1.165) is 36.8 Å². The first-order chi connectivity index (χ1) is 12.8. The van der Waals surface area contributed by atoms with Gasteiger partial charge in [-0.1, -0.05) is 24.3 Å². The van der Waals surface area contributed by atoms with Crippen LogP contribution in [0.2, 0.25) is 0 Å². The average molecular weight is 410 g/mol. The van der Waals surface area contributed by atoms with E-state index < -0.39 is 27.0 Å². The minimum absolute atomic E-state index is 0.0590. The molecule has 2 aromatic rings. The van der Waals surface area contributed by atoms with Gasteiger partial charge in [-0.15, -0.1) is 0 Å². The summed E-state index contributed by atoms with van der Waals surface area (Å²) in [6.45, 7) is 0.851. The van der Waals surface area contributed by atoms with E-state index in [9.17, 15) is 22.3 Å². The molecule has 0 amide bonds. The molecule has 0 saturated carbocycles. The molecule has 2 aromatic carbocycles. The van der Waals surface area contributed by atoms with Gasteiger partial charge < -0.3 is 15.0 Å². The summed E-state index contributed by atoms with van der Waals surface area (Å²) < 4.78 is 43.9. The van der Waals surface area contributed by atoms with Crippen LogP contribution in [0.5, 0.6) is 0 Å². The smallest absolute Gasteiger partial charge is 0.186 e. The third-order valence-electron chi connectivity index (χ3n) is 4.96. The van der Waals surface area contributed by atoms with Gasteiger partial charge in [0, 0.05) is 18.2 Å². The van der Waals surface area contributed by atoms with Crippen LogP contribution in [0.25, 0.3) is 0 Å². The summed E-state index contributed by atoms with van der Waals surface area (Å²) in [4.78, 5) is 0.517. The van der Waals surface area contributed by atoms with Crippen molar-refractivity contribution in [2.75, 3.05) is 12.8 Å². The van der Waals surface area contributed by atoms with Gasteiger partial charge in [-0.05, 0) is 54.8 Å². The Hall–Kier alpha value is -1.58. The first-order valence-electron chi connectivity index (χ1n) is 8.69. The van der Waals surface area contributed by atoms with E-state index in [1.165, 1.54) is 0 Å². The van der Waals surface area contributed by atoms with E-state index in [1.54, 1.807) is 48.5 Å². The largest absolute Gasteiger partial charge is 0.391 e. The molecule has 27 heavy (non-hydrogen) atoms. The molecule has 0 radical (unpaired) electrons. The summed E-state index contributed by atoms with van der Waals surface area (Å²) >= 11 is -2.06. The average Bonchev–Trinajstić information content (AvgIpc) is 3.17. The zero-order valence-corrected chi connectivity index (χ0v) is 16.5. The van der Waals surface area contributed by atoms with Crippen molar-refractivity contribution >= 4 is 20.9 Å². The van der Waals surface area contributed by atoms with E-state index in [4.69, 9.17) is 0 Å². The second kappa shape index (κ2) is 8.20. The fraction of sp³-hybridized carbons (Fsp3) is 0.368. The minimum atomic E-state index is -3.30. The molecular weight excluding hydrogens is 386 g/mol. The number of rotatable bonds is 6. The van der Waals surface area contributed by atoms with Crippen LogP contribution in [-0.2, 0) is 20.9 Å². The zero-order valence-electron chi connectivity index (χ0n) is 14.9. The van der Waals surface area contributed by atoms with Crippen molar-refractivity contribution in [1.82, 2.24) is 5.32 Å². The van der Waals surface area contributed by atoms with E-state index in [1.807, 2.05) is 0 Å². The summed E-state index contributed by atoms with van der Waals surface area (Å²) in [5, 5.41) is 14.3. The summed E-state index contributed by atoms with van der Waals surface area (Å²) in [5.74, 6) is -0.379. The summed E-state index contributed by atoms with van der Waals surface area (Å²) in [7, 11) is -3.30. The van der Waals surface area contributed by atoms with Gasteiger partial charge in [0.1, 0.15) is 0 Å². The van der Waals surface area contributed by atoms with Crippen molar-refractivity contribution in [3.8, 4) is 0 Å². The number of aliphatic hydroxyl groups excluding tert-OH is 1. The molecule has 1 saturated heterocycles. The molecular formula is C19H23NO5S2. The number of hydrogen-bond acceptors (Lipinski definition) is 5. The predicted octanol–water partition coefficient (Wildman–Crippen LogP) is 1.92. The lowest BCUT2D eigenvalue weighted by Crippen LogP contribution is -2.39. The van der Waals surface area contributed by atoms with Crippen LogP contribution in [0.15, 0.2) is 58.3 Å². The van der Waals surface area contributed by atoms with E-state index in [0.29, 0.717) is 4.90 Å². The van der Waals surface area contributed by atoms with Crippen LogP contribution >= 0.6 is 0 Å². The van der Waals surface area contributed by atoms with Gasteiger partial charge >= 0.3 is 0 Å². The van der Waals surface area contributed by atoms with Crippen LogP contribution in [0, 0.1) is 0 Å². The van der Waals surface area contributed by atoms with Crippen molar-refractivity contribution in [3.05, 3.63) is 59.7 Å². The number of nitrogens with one attached hydrogen (secondary N) is 1. The highest BCUT2D eigenvalue weighted by molar-refractivity contribution is 7.90. The van der Waals surface area contributed by atoms with Crippen LogP contribution < -0.4 is 5.32 Å². The molecule has 1 aliphatic heterocycles. The Morgan fingerprint density at radius 3 is 2.07 bits per heavy atom. The molecule has 0 spiro atoms. The molecule has 1 aliphatic rings. The second-order valence-corrected chi connectivity index (χ2v) is 9.82. The molecule has 6 nitrogen and oxygen atoms in total. The number of hydrogen-bond donors (Lipinski definition) is 3. The fourth-order valence-corrected chi connectivity index (χ4v) is 4.54. The van der Waals surface area contributed by atoms with Gasteiger partial charge in [0.15, 0.2) is 20.9 Å². The molecule has 2 unspecified atom stereocenters. The summed E-state index contributed by atoms with van der Waals surface area (Å²) in [6.07, 6.45) is 2.30. The van der Waals surface area contributed by atoms with Crippen molar-refractivity contribution in [1.29, 1.82) is 0 Å². The highest BCUT2D eigenvalue weighted by Crippen LogP contribution is 2.32. The maximum atomic E-state index is 11.7. The van der Waals surface area contributed by atoms with Crippen LogP contribution in [0.4, 0.5) is 0 Å². The Kier molecular flexibility index (Phi) is 6.12. The third kappa shape index (κ3) is 4.64. The van der Waals surface area contributed by atoms with E-state index >= 15 is 0 Å². The summed E-state index contributed by atoms with van der Waals surface area (Å²) in [5.41, 5.74) is 1.60. The molecule has 8 heteroatoms. The lowest BCUT2D eigenvalue weighted by atomic mass is 9.83. The van der Waals surface area contributed by atoms with Gasteiger partial charge in [-0.2, -0.15) is 0 Å². The van der Waals surface area contributed by atoms with Gasteiger partial charge in [-0.25, -0.2) is 12.6 Å².